The van der Waals surface area contributed by atoms with Crippen LogP contribution in [-0.2, 0) is 15.8 Å². The molecule has 2 amide bonds. The van der Waals surface area contributed by atoms with Gasteiger partial charge in [0.05, 0.1) is 28.2 Å². The third kappa shape index (κ3) is 6.01. The van der Waals surface area contributed by atoms with Gasteiger partial charge in [0.1, 0.15) is 11.6 Å². The topological polar surface area (TPSA) is 89.2 Å². The monoisotopic (exact) mass is 466 g/mol. The number of hydrogen-bond acceptors (Lipinski definition) is 4. The average molecular weight is 467 g/mol. The molecule has 0 bridgehead atoms. The van der Waals surface area contributed by atoms with Gasteiger partial charge in [-0.1, -0.05) is 11.6 Å². The largest absolute Gasteiger partial charge is 0.465 e. The number of alkyl halides is 3. The molecular weight excluding hydrogens is 449 g/mol. The van der Waals surface area contributed by atoms with E-state index in [2.05, 4.69) is 15.7 Å². The van der Waals surface area contributed by atoms with E-state index in [0.29, 0.717) is 11.5 Å². The summed E-state index contributed by atoms with van der Waals surface area (Å²) in [7, 11) is 0. The molecule has 2 aromatic heterocycles. The number of carbonyl (C=O) groups is 2. The van der Waals surface area contributed by atoms with E-state index in [0.717, 1.165) is 22.9 Å². The Balaban J connectivity index is 1.64. The molecule has 0 aliphatic carbocycles. The molecule has 0 unspecified atom stereocenters. The van der Waals surface area contributed by atoms with E-state index in [9.17, 15) is 22.8 Å². The Morgan fingerprint density at radius 1 is 1.25 bits per heavy atom. The smallest absolute Gasteiger partial charge is 0.416 e. The molecule has 168 valence electrons. The van der Waals surface area contributed by atoms with Crippen LogP contribution in [-0.4, -0.2) is 28.1 Å². The van der Waals surface area contributed by atoms with Crippen molar-refractivity contribution in [2.75, 3.05) is 11.9 Å². The zero-order valence-corrected chi connectivity index (χ0v) is 17.5. The first-order valence-corrected chi connectivity index (χ1v) is 9.74. The van der Waals surface area contributed by atoms with E-state index in [1.165, 1.54) is 24.5 Å². The molecule has 1 aromatic carbocycles. The van der Waals surface area contributed by atoms with Crippen LogP contribution in [0.25, 0.3) is 11.8 Å². The van der Waals surface area contributed by atoms with Crippen LogP contribution in [0.15, 0.2) is 53.2 Å². The van der Waals surface area contributed by atoms with E-state index in [1.807, 2.05) is 0 Å². The highest BCUT2D eigenvalue weighted by atomic mass is 35.5. The quantitative estimate of drug-likeness (QED) is 0.498. The molecule has 2 heterocycles. The van der Waals surface area contributed by atoms with Gasteiger partial charge in [-0.05, 0) is 43.3 Å². The van der Waals surface area contributed by atoms with Gasteiger partial charge in [0, 0.05) is 25.1 Å². The second kappa shape index (κ2) is 9.73. The number of rotatable bonds is 7. The van der Waals surface area contributed by atoms with Gasteiger partial charge in [0.2, 0.25) is 11.8 Å². The van der Waals surface area contributed by atoms with Crippen LogP contribution in [0, 0.1) is 6.92 Å². The van der Waals surface area contributed by atoms with Gasteiger partial charge < -0.3 is 15.1 Å². The lowest BCUT2D eigenvalue weighted by molar-refractivity contribution is -0.137. The summed E-state index contributed by atoms with van der Waals surface area (Å²) in [4.78, 5) is 24.1. The lowest BCUT2D eigenvalue weighted by Gasteiger charge is -2.13. The van der Waals surface area contributed by atoms with Crippen LogP contribution in [0.4, 0.5) is 19.0 Å². The Bertz CT molecular complexity index is 1140. The molecule has 11 heteroatoms. The molecule has 0 fully saturated rings. The van der Waals surface area contributed by atoms with Gasteiger partial charge in [-0.25, -0.2) is 4.68 Å². The Hall–Kier alpha value is -3.53. The molecule has 0 radical (unpaired) electrons. The first kappa shape index (κ1) is 23.1. The lowest BCUT2D eigenvalue weighted by atomic mass is 10.2. The van der Waals surface area contributed by atoms with Crippen LogP contribution in [0.3, 0.4) is 0 Å². The zero-order chi connectivity index (χ0) is 23.3. The van der Waals surface area contributed by atoms with Crippen LogP contribution < -0.4 is 10.6 Å². The molecular formula is C21H18ClF3N4O3. The summed E-state index contributed by atoms with van der Waals surface area (Å²) < 4.78 is 45.5. The second-order valence-electron chi connectivity index (χ2n) is 6.68. The molecule has 2 N–H and O–H groups in total. The van der Waals surface area contributed by atoms with Crippen LogP contribution in [0.5, 0.6) is 0 Å². The molecule has 7 nitrogen and oxygen atoms in total. The van der Waals surface area contributed by atoms with Crippen LogP contribution in [0.2, 0.25) is 5.02 Å². The number of nitrogens with one attached hydrogen (secondary N) is 2. The minimum absolute atomic E-state index is 0.0266. The van der Waals surface area contributed by atoms with Gasteiger partial charge >= 0.3 is 6.18 Å². The molecule has 0 aliphatic rings. The number of benzene rings is 1. The summed E-state index contributed by atoms with van der Waals surface area (Å²) in [6, 6.07) is 7.70. The number of aryl methyl sites for hydroxylation is 1. The van der Waals surface area contributed by atoms with E-state index in [4.69, 9.17) is 16.0 Å². The maximum Gasteiger partial charge on any atom is 0.416 e. The van der Waals surface area contributed by atoms with E-state index in [-0.39, 0.29) is 29.5 Å². The fraction of sp³-hybridized carbons (Fsp3) is 0.190. The standard InChI is InChI=1S/C21H18ClF3N4O3/c1-13-11-18(29(28-13)17-12-14(21(23,24)25)4-6-16(17)22)27-20(31)8-9-26-19(30)7-5-15-3-2-10-32-15/h2-7,10-12H,8-9H2,1H3,(H,26,30)(H,27,31)/b7-5+. The van der Waals surface area contributed by atoms with Crippen LogP contribution in [0.1, 0.15) is 23.4 Å². The first-order valence-electron chi connectivity index (χ1n) is 9.36. The highest BCUT2D eigenvalue weighted by Crippen LogP contribution is 2.34. The highest BCUT2D eigenvalue weighted by molar-refractivity contribution is 6.32. The second-order valence-corrected chi connectivity index (χ2v) is 7.09. The summed E-state index contributed by atoms with van der Waals surface area (Å²) in [5, 5.41) is 9.30. The Labute approximate surface area is 185 Å². The molecule has 0 saturated carbocycles. The fourth-order valence-electron chi connectivity index (χ4n) is 2.73. The summed E-state index contributed by atoms with van der Waals surface area (Å²) in [5.41, 5.74) is -0.459. The maximum atomic E-state index is 13.1. The molecule has 3 aromatic rings. The molecule has 32 heavy (non-hydrogen) atoms. The van der Waals surface area contributed by atoms with Crippen molar-refractivity contribution < 1.29 is 27.2 Å². The first-order chi connectivity index (χ1) is 15.1. The zero-order valence-electron chi connectivity index (χ0n) is 16.7. The summed E-state index contributed by atoms with van der Waals surface area (Å²) in [6.07, 6.45) is -0.406. The third-order valence-electron chi connectivity index (χ3n) is 4.19. The van der Waals surface area contributed by atoms with Gasteiger partial charge in [0.15, 0.2) is 0 Å². The highest BCUT2D eigenvalue weighted by Gasteiger charge is 2.31. The number of hydrogen-bond donors (Lipinski definition) is 2. The van der Waals surface area contributed by atoms with E-state index >= 15 is 0 Å². The molecule has 0 aliphatic heterocycles. The molecule has 0 atom stereocenters. The predicted molar refractivity (Wildman–Crippen MR) is 112 cm³/mol. The number of amides is 2. The van der Waals surface area contributed by atoms with Gasteiger partial charge in [-0.15, -0.1) is 0 Å². The lowest BCUT2D eigenvalue weighted by Crippen LogP contribution is -2.26. The number of aromatic nitrogens is 2. The normalized spacial score (nSPS) is 11.7. The number of carbonyl (C=O) groups excluding carboxylic acids is 2. The number of furan rings is 1. The number of anilines is 1. The van der Waals surface area contributed by atoms with Crippen molar-refractivity contribution in [3.05, 3.63) is 70.8 Å². The van der Waals surface area contributed by atoms with Gasteiger partial charge in [-0.2, -0.15) is 18.3 Å². The van der Waals surface area contributed by atoms with E-state index < -0.39 is 23.6 Å². The van der Waals surface area contributed by atoms with Crippen LogP contribution >= 0.6 is 11.6 Å². The summed E-state index contributed by atoms with van der Waals surface area (Å²) in [5.74, 6) is -0.219. The Morgan fingerprint density at radius 3 is 2.72 bits per heavy atom. The minimum Gasteiger partial charge on any atom is -0.465 e. The minimum atomic E-state index is -4.56. The van der Waals surface area contributed by atoms with Crippen molar-refractivity contribution in [2.24, 2.45) is 0 Å². The number of halogens is 4. The van der Waals surface area contributed by atoms with Crippen molar-refractivity contribution in [1.82, 2.24) is 15.1 Å². The predicted octanol–water partition coefficient (Wildman–Crippen LogP) is 4.60. The van der Waals surface area contributed by atoms with E-state index in [1.54, 1.807) is 19.1 Å². The van der Waals surface area contributed by atoms with Crippen molar-refractivity contribution in [3.63, 3.8) is 0 Å². The Morgan fingerprint density at radius 2 is 2.03 bits per heavy atom. The fourth-order valence-corrected chi connectivity index (χ4v) is 2.93. The summed E-state index contributed by atoms with van der Waals surface area (Å²) >= 11 is 6.08. The van der Waals surface area contributed by atoms with Crippen molar-refractivity contribution >= 4 is 35.3 Å². The maximum absolute atomic E-state index is 13.1. The van der Waals surface area contributed by atoms with Gasteiger partial charge in [-0.3, -0.25) is 9.59 Å². The van der Waals surface area contributed by atoms with Crippen molar-refractivity contribution in [3.8, 4) is 5.69 Å². The molecule has 0 spiro atoms. The third-order valence-corrected chi connectivity index (χ3v) is 4.51. The van der Waals surface area contributed by atoms with Crippen molar-refractivity contribution in [2.45, 2.75) is 19.5 Å². The Kier molecular flexibility index (Phi) is 7.04. The molecule has 3 rings (SSSR count). The average Bonchev–Trinajstić information content (AvgIpc) is 3.35. The SMILES string of the molecule is Cc1cc(NC(=O)CCNC(=O)/C=C/c2ccco2)n(-c2cc(C(F)(F)F)ccc2Cl)n1. The number of nitrogens with zero attached hydrogens (tertiary/aromatic N) is 2. The van der Waals surface area contributed by atoms with Crippen molar-refractivity contribution in [1.29, 1.82) is 0 Å². The molecule has 0 saturated heterocycles. The summed E-state index contributed by atoms with van der Waals surface area (Å²) in [6.45, 7) is 1.67. The van der Waals surface area contributed by atoms with Gasteiger partial charge in [0.25, 0.3) is 0 Å².